The Morgan fingerprint density at radius 2 is 1.71 bits per heavy atom. The highest BCUT2D eigenvalue weighted by molar-refractivity contribution is 6.30. The van der Waals surface area contributed by atoms with Crippen LogP contribution in [-0.4, -0.2) is 29.2 Å². The zero-order valence-electron chi connectivity index (χ0n) is 8.91. The predicted octanol–water partition coefficient (Wildman–Crippen LogP) is 2.91. The highest BCUT2D eigenvalue weighted by atomic mass is 35.5. The largest absolute Gasteiger partial charge is 0.391 e. The summed E-state index contributed by atoms with van der Waals surface area (Å²) in [4.78, 5) is 9.73. The molecule has 0 atom stereocenters. The van der Waals surface area contributed by atoms with Crippen molar-refractivity contribution in [1.29, 1.82) is 0 Å². The van der Waals surface area contributed by atoms with Gasteiger partial charge in [-0.25, -0.2) is 9.97 Å². The minimum absolute atomic E-state index is 0.0927. The van der Waals surface area contributed by atoms with Crippen molar-refractivity contribution in [3.8, 4) is 0 Å². The van der Waals surface area contributed by atoms with E-state index in [1.165, 1.54) is 12.4 Å². The quantitative estimate of drug-likeness (QED) is 0.782. The molecule has 1 saturated heterocycles. The van der Waals surface area contributed by atoms with Gasteiger partial charge < -0.3 is 4.90 Å². The van der Waals surface area contributed by atoms with E-state index in [4.69, 9.17) is 11.6 Å². The number of anilines is 1. The zero-order valence-corrected chi connectivity index (χ0v) is 9.67. The average molecular weight is 266 g/mol. The summed E-state index contributed by atoms with van der Waals surface area (Å²) in [5, 5.41) is 0.416. The van der Waals surface area contributed by atoms with E-state index < -0.39 is 12.1 Å². The molecule has 7 heteroatoms. The first-order chi connectivity index (χ1) is 7.97. The first kappa shape index (κ1) is 12.4. The Labute approximate surface area is 102 Å². The summed E-state index contributed by atoms with van der Waals surface area (Å²) in [5.41, 5.74) is 0. The number of hydrogen-bond acceptors (Lipinski definition) is 3. The van der Waals surface area contributed by atoms with E-state index in [9.17, 15) is 13.2 Å². The summed E-state index contributed by atoms with van der Waals surface area (Å²) in [5.74, 6) is -0.763. The lowest BCUT2D eigenvalue weighted by Gasteiger charge is -2.32. The summed E-state index contributed by atoms with van der Waals surface area (Å²) in [6.45, 7) is 0.650. The maximum Gasteiger partial charge on any atom is 0.391 e. The molecule has 0 unspecified atom stereocenters. The van der Waals surface area contributed by atoms with Crippen LogP contribution in [0.2, 0.25) is 5.02 Å². The van der Waals surface area contributed by atoms with Gasteiger partial charge in [0.2, 0.25) is 5.95 Å². The smallest absolute Gasteiger partial charge is 0.341 e. The molecule has 94 valence electrons. The van der Waals surface area contributed by atoms with Crippen LogP contribution >= 0.6 is 11.6 Å². The second kappa shape index (κ2) is 4.68. The fourth-order valence-electron chi connectivity index (χ4n) is 1.88. The molecule has 1 aromatic heterocycles. The Morgan fingerprint density at radius 3 is 2.18 bits per heavy atom. The molecule has 17 heavy (non-hydrogen) atoms. The second-order valence-electron chi connectivity index (χ2n) is 4.00. The number of aromatic nitrogens is 2. The summed E-state index contributed by atoms with van der Waals surface area (Å²) in [6, 6.07) is 0. The molecule has 1 aliphatic rings. The number of nitrogens with zero attached hydrogens (tertiary/aromatic N) is 3. The molecule has 1 fully saturated rings. The topological polar surface area (TPSA) is 29.0 Å². The third-order valence-electron chi connectivity index (χ3n) is 2.85. The standard InChI is InChI=1S/C10H11ClF3N3/c11-8-5-15-9(16-6-8)17-3-1-7(2-4-17)10(12,13)14/h5-7H,1-4H2. The minimum Gasteiger partial charge on any atom is -0.341 e. The van der Waals surface area contributed by atoms with Crippen molar-refractivity contribution in [3.05, 3.63) is 17.4 Å². The van der Waals surface area contributed by atoms with Gasteiger partial charge in [0.1, 0.15) is 0 Å². The molecule has 0 saturated carbocycles. The van der Waals surface area contributed by atoms with Crippen LogP contribution < -0.4 is 4.90 Å². The van der Waals surface area contributed by atoms with Gasteiger partial charge in [0.25, 0.3) is 0 Å². The summed E-state index contributed by atoms with van der Waals surface area (Å²) in [7, 11) is 0. The lowest BCUT2D eigenvalue weighted by Crippen LogP contribution is -2.39. The molecule has 2 heterocycles. The molecule has 0 aliphatic carbocycles. The second-order valence-corrected chi connectivity index (χ2v) is 4.44. The first-order valence-corrected chi connectivity index (χ1v) is 5.64. The van der Waals surface area contributed by atoms with Crippen molar-refractivity contribution in [3.63, 3.8) is 0 Å². The molecular formula is C10H11ClF3N3. The van der Waals surface area contributed by atoms with Crippen LogP contribution in [0.3, 0.4) is 0 Å². The van der Waals surface area contributed by atoms with Crippen molar-refractivity contribution < 1.29 is 13.2 Å². The molecule has 0 bridgehead atoms. The monoisotopic (exact) mass is 265 g/mol. The van der Waals surface area contributed by atoms with Crippen molar-refractivity contribution in [2.45, 2.75) is 19.0 Å². The SMILES string of the molecule is FC(F)(F)C1CCN(c2ncc(Cl)cn2)CC1. The molecule has 2 rings (SSSR count). The van der Waals surface area contributed by atoms with Crippen LogP contribution in [0.4, 0.5) is 19.1 Å². The van der Waals surface area contributed by atoms with Crippen LogP contribution in [0.15, 0.2) is 12.4 Å². The van der Waals surface area contributed by atoms with Crippen LogP contribution in [0.25, 0.3) is 0 Å². The summed E-state index contributed by atoms with van der Waals surface area (Å²) >= 11 is 5.64. The summed E-state index contributed by atoms with van der Waals surface area (Å²) < 4.78 is 37.4. The molecule has 3 nitrogen and oxygen atoms in total. The number of halogens is 4. The Bertz CT molecular complexity index is 371. The van der Waals surface area contributed by atoms with Gasteiger partial charge in [-0.15, -0.1) is 0 Å². The van der Waals surface area contributed by atoms with Gasteiger partial charge in [-0.1, -0.05) is 11.6 Å². The lowest BCUT2D eigenvalue weighted by atomic mass is 9.96. The molecule has 0 spiro atoms. The Morgan fingerprint density at radius 1 is 1.18 bits per heavy atom. The van der Waals surface area contributed by atoms with E-state index in [1.54, 1.807) is 4.90 Å². The van der Waals surface area contributed by atoms with Gasteiger partial charge in [0, 0.05) is 13.1 Å². The number of alkyl halides is 3. The predicted molar refractivity (Wildman–Crippen MR) is 58.0 cm³/mol. The lowest BCUT2D eigenvalue weighted by molar-refractivity contribution is -0.179. The van der Waals surface area contributed by atoms with Crippen LogP contribution in [-0.2, 0) is 0 Å². The van der Waals surface area contributed by atoms with E-state index in [0.717, 1.165) is 0 Å². The van der Waals surface area contributed by atoms with Gasteiger partial charge in [0.15, 0.2) is 0 Å². The molecule has 1 aliphatic heterocycles. The van der Waals surface area contributed by atoms with Gasteiger partial charge in [-0.2, -0.15) is 13.2 Å². The maximum absolute atomic E-state index is 12.5. The van der Waals surface area contributed by atoms with E-state index in [-0.39, 0.29) is 12.8 Å². The molecule has 1 aromatic rings. The van der Waals surface area contributed by atoms with Crippen molar-refractivity contribution in [1.82, 2.24) is 9.97 Å². The van der Waals surface area contributed by atoms with E-state index in [2.05, 4.69) is 9.97 Å². The third-order valence-corrected chi connectivity index (χ3v) is 3.04. The Kier molecular flexibility index (Phi) is 3.42. The van der Waals surface area contributed by atoms with Crippen LogP contribution in [0.5, 0.6) is 0 Å². The van der Waals surface area contributed by atoms with Gasteiger partial charge in [0.05, 0.1) is 23.3 Å². The molecule has 0 aromatic carbocycles. The Balaban J connectivity index is 1.97. The number of hydrogen-bond donors (Lipinski definition) is 0. The number of rotatable bonds is 1. The van der Waals surface area contributed by atoms with Gasteiger partial charge >= 0.3 is 6.18 Å². The zero-order chi connectivity index (χ0) is 12.5. The van der Waals surface area contributed by atoms with E-state index in [1.807, 2.05) is 0 Å². The van der Waals surface area contributed by atoms with Crippen molar-refractivity contribution in [2.75, 3.05) is 18.0 Å². The van der Waals surface area contributed by atoms with Crippen molar-refractivity contribution in [2.24, 2.45) is 5.92 Å². The highest BCUT2D eigenvalue weighted by Crippen LogP contribution is 2.34. The maximum atomic E-state index is 12.5. The van der Waals surface area contributed by atoms with Gasteiger partial charge in [-0.3, -0.25) is 0 Å². The first-order valence-electron chi connectivity index (χ1n) is 5.26. The van der Waals surface area contributed by atoms with Crippen LogP contribution in [0.1, 0.15) is 12.8 Å². The van der Waals surface area contributed by atoms with Crippen molar-refractivity contribution >= 4 is 17.5 Å². The van der Waals surface area contributed by atoms with E-state index >= 15 is 0 Å². The number of piperidine rings is 1. The normalized spacial score (nSPS) is 18.5. The Hall–Kier alpha value is -1.04. The summed E-state index contributed by atoms with van der Waals surface area (Å²) in [6.07, 6.45) is -1.02. The highest BCUT2D eigenvalue weighted by Gasteiger charge is 2.41. The van der Waals surface area contributed by atoms with Crippen LogP contribution in [0, 0.1) is 5.92 Å². The van der Waals surface area contributed by atoms with E-state index in [0.29, 0.717) is 24.1 Å². The fourth-order valence-corrected chi connectivity index (χ4v) is 1.97. The molecule has 0 amide bonds. The molecule has 0 N–H and O–H groups in total. The molecular weight excluding hydrogens is 255 g/mol. The average Bonchev–Trinajstić information content (AvgIpc) is 2.29. The van der Waals surface area contributed by atoms with Gasteiger partial charge in [-0.05, 0) is 12.8 Å². The molecule has 0 radical (unpaired) electrons. The minimum atomic E-state index is -4.09. The fraction of sp³-hybridized carbons (Fsp3) is 0.600. The third kappa shape index (κ3) is 3.00.